The molecule has 4 heteroatoms. The molecule has 1 saturated heterocycles. The number of rotatable bonds is 3. The Bertz CT molecular complexity index is 491. The lowest BCUT2D eigenvalue weighted by Crippen LogP contribution is -2.26. The smallest absolute Gasteiger partial charge is 0.314 e. The SMILES string of the molecule is O=C(O)C1(c2ccc(F)cc2N2CCCC2)CC1. The van der Waals surface area contributed by atoms with Crippen LogP contribution < -0.4 is 4.90 Å². The fourth-order valence-corrected chi connectivity index (χ4v) is 2.85. The summed E-state index contributed by atoms with van der Waals surface area (Å²) in [4.78, 5) is 13.5. The predicted molar refractivity (Wildman–Crippen MR) is 66.4 cm³/mol. The molecule has 96 valence electrons. The number of halogens is 1. The number of nitrogens with zero attached hydrogens (tertiary/aromatic N) is 1. The molecule has 1 aromatic carbocycles. The first kappa shape index (κ1) is 11.5. The van der Waals surface area contributed by atoms with Gasteiger partial charge in [0.2, 0.25) is 0 Å². The van der Waals surface area contributed by atoms with E-state index in [-0.39, 0.29) is 5.82 Å². The van der Waals surface area contributed by atoms with E-state index in [1.54, 1.807) is 6.07 Å². The molecule has 0 amide bonds. The molecule has 0 unspecified atom stereocenters. The van der Waals surface area contributed by atoms with E-state index in [9.17, 15) is 14.3 Å². The molecule has 0 aromatic heterocycles. The molecule has 1 aromatic rings. The first-order chi connectivity index (χ1) is 8.63. The summed E-state index contributed by atoms with van der Waals surface area (Å²) >= 11 is 0. The maximum absolute atomic E-state index is 13.4. The van der Waals surface area contributed by atoms with Gasteiger partial charge in [-0.05, 0) is 43.4 Å². The first-order valence-electron chi connectivity index (χ1n) is 6.42. The van der Waals surface area contributed by atoms with Gasteiger partial charge in [-0.25, -0.2) is 4.39 Å². The molecule has 3 rings (SSSR count). The van der Waals surface area contributed by atoms with E-state index in [4.69, 9.17) is 0 Å². The van der Waals surface area contributed by atoms with Crippen molar-refractivity contribution in [1.29, 1.82) is 0 Å². The number of aliphatic carboxylic acids is 1. The van der Waals surface area contributed by atoms with Crippen LogP contribution >= 0.6 is 0 Å². The Hall–Kier alpha value is -1.58. The van der Waals surface area contributed by atoms with Gasteiger partial charge in [0.1, 0.15) is 5.82 Å². The van der Waals surface area contributed by atoms with Crippen molar-refractivity contribution in [2.24, 2.45) is 0 Å². The fourth-order valence-electron chi connectivity index (χ4n) is 2.85. The number of carbonyl (C=O) groups is 1. The van der Waals surface area contributed by atoms with Gasteiger partial charge in [0.25, 0.3) is 0 Å². The van der Waals surface area contributed by atoms with Gasteiger partial charge in [-0.2, -0.15) is 0 Å². The van der Waals surface area contributed by atoms with E-state index in [2.05, 4.69) is 4.90 Å². The van der Waals surface area contributed by atoms with Crippen molar-refractivity contribution in [2.45, 2.75) is 31.1 Å². The van der Waals surface area contributed by atoms with Crippen molar-refractivity contribution in [3.63, 3.8) is 0 Å². The maximum atomic E-state index is 13.4. The van der Waals surface area contributed by atoms with Crippen LogP contribution in [0.5, 0.6) is 0 Å². The van der Waals surface area contributed by atoms with Crippen LogP contribution in [0.15, 0.2) is 18.2 Å². The average Bonchev–Trinajstić information content (AvgIpc) is 2.98. The van der Waals surface area contributed by atoms with Crippen molar-refractivity contribution in [3.8, 4) is 0 Å². The second-order valence-corrected chi connectivity index (χ2v) is 5.24. The molecule has 0 radical (unpaired) electrons. The van der Waals surface area contributed by atoms with Crippen LogP contribution in [0.4, 0.5) is 10.1 Å². The van der Waals surface area contributed by atoms with E-state index in [1.807, 2.05) is 0 Å². The second kappa shape index (κ2) is 3.97. The van der Waals surface area contributed by atoms with Crippen LogP contribution in [0.25, 0.3) is 0 Å². The summed E-state index contributed by atoms with van der Waals surface area (Å²) in [5.74, 6) is -1.07. The minimum atomic E-state index is -0.783. The van der Waals surface area contributed by atoms with E-state index in [1.165, 1.54) is 12.1 Å². The Kier molecular flexibility index (Phi) is 2.54. The highest BCUT2D eigenvalue weighted by molar-refractivity contribution is 5.87. The minimum Gasteiger partial charge on any atom is -0.481 e. The lowest BCUT2D eigenvalue weighted by Gasteiger charge is -2.24. The van der Waals surface area contributed by atoms with Crippen LogP contribution in [-0.4, -0.2) is 24.2 Å². The van der Waals surface area contributed by atoms with Gasteiger partial charge >= 0.3 is 5.97 Å². The number of hydrogen-bond acceptors (Lipinski definition) is 2. The third-order valence-corrected chi connectivity index (χ3v) is 4.08. The van der Waals surface area contributed by atoms with Crippen LogP contribution in [0, 0.1) is 5.82 Å². The number of benzene rings is 1. The summed E-state index contributed by atoms with van der Waals surface area (Å²) in [6.45, 7) is 1.79. The zero-order valence-electron chi connectivity index (χ0n) is 10.2. The number of carboxylic acid groups (broad SMARTS) is 1. The normalized spacial score (nSPS) is 21.1. The minimum absolute atomic E-state index is 0.290. The molecular weight excluding hydrogens is 233 g/mol. The summed E-state index contributed by atoms with van der Waals surface area (Å²) in [6.07, 6.45) is 3.51. The second-order valence-electron chi connectivity index (χ2n) is 5.24. The maximum Gasteiger partial charge on any atom is 0.314 e. The van der Waals surface area contributed by atoms with Crippen molar-refractivity contribution < 1.29 is 14.3 Å². The number of anilines is 1. The van der Waals surface area contributed by atoms with Gasteiger partial charge in [-0.15, -0.1) is 0 Å². The zero-order chi connectivity index (χ0) is 12.8. The Balaban J connectivity index is 2.06. The summed E-state index contributed by atoms with van der Waals surface area (Å²) < 4.78 is 13.4. The van der Waals surface area contributed by atoms with Gasteiger partial charge < -0.3 is 10.0 Å². The molecule has 0 bridgehead atoms. The predicted octanol–water partition coefficient (Wildman–Crippen LogP) is 2.54. The number of hydrogen-bond donors (Lipinski definition) is 1. The molecule has 2 aliphatic rings. The third kappa shape index (κ3) is 1.67. The highest BCUT2D eigenvalue weighted by Crippen LogP contribution is 2.51. The third-order valence-electron chi connectivity index (χ3n) is 4.08. The molecule has 1 aliphatic heterocycles. The molecule has 2 fully saturated rings. The summed E-state index contributed by atoms with van der Waals surface area (Å²) in [7, 11) is 0. The molecule has 0 atom stereocenters. The van der Waals surface area contributed by atoms with Crippen LogP contribution in [-0.2, 0) is 10.2 Å². The molecular formula is C14H16FNO2. The zero-order valence-corrected chi connectivity index (χ0v) is 10.2. The van der Waals surface area contributed by atoms with Crippen molar-refractivity contribution in [2.75, 3.05) is 18.0 Å². The van der Waals surface area contributed by atoms with Gasteiger partial charge in [0.15, 0.2) is 0 Å². The highest BCUT2D eigenvalue weighted by atomic mass is 19.1. The molecule has 1 heterocycles. The standard InChI is InChI=1S/C14H16FNO2/c15-10-3-4-11(14(5-6-14)13(17)18)12(9-10)16-7-1-2-8-16/h3-4,9H,1-2,5-8H2,(H,17,18). The quantitative estimate of drug-likeness (QED) is 0.895. The Morgan fingerprint density at radius 3 is 2.50 bits per heavy atom. The summed E-state index contributed by atoms with van der Waals surface area (Å²) in [6, 6.07) is 4.52. The molecule has 1 N–H and O–H groups in total. The van der Waals surface area contributed by atoms with Crippen molar-refractivity contribution in [1.82, 2.24) is 0 Å². The van der Waals surface area contributed by atoms with E-state index in [0.29, 0.717) is 12.8 Å². The Labute approximate surface area is 105 Å². The monoisotopic (exact) mass is 249 g/mol. The van der Waals surface area contributed by atoms with Crippen LogP contribution in [0.3, 0.4) is 0 Å². The molecule has 18 heavy (non-hydrogen) atoms. The van der Waals surface area contributed by atoms with Gasteiger partial charge in [-0.1, -0.05) is 6.07 Å². The van der Waals surface area contributed by atoms with Gasteiger partial charge in [0.05, 0.1) is 5.41 Å². The fraction of sp³-hybridized carbons (Fsp3) is 0.500. The van der Waals surface area contributed by atoms with E-state index in [0.717, 1.165) is 37.2 Å². The first-order valence-corrected chi connectivity index (χ1v) is 6.42. The van der Waals surface area contributed by atoms with Crippen LogP contribution in [0.1, 0.15) is 31.2 Å². The summed E-state index contributed by atoms with van der Waals surface area (Å²) in [5.41, 5.74) is 0.816. The van der Waals surface area contributed by atoms with Gasteiger partial charge in [0, 0.05) is 18.8 Å². The molecule has 0 spiro atoms. The van der Waals surface area contributed by atoms with Crippen molar-refractivity contribution >= 4 is 11.7 Å². The van der Waals surface area contributed by atoms with E-state index >= 15 is 0 Å². The van der Waals surface area contributed by atoms with Crippen LogP contribution in [0.2, 0.25) is 0 Å². The summed E-state index contributed by atoms with van der Waals surface area (Å²) in [5, 5.41) is 9.38. The van der Waals surface area contributed by atoms with E-state index < -0.39 is 11.4 Å². The van der Waals surface area contributed by atoms with Crippen molar-refractivity contribution in [3.05, 3.63) is 29.6 Å². The molecule has 1 aliphatic carbocycles. The Morgan fingerprint density at radius 2 is 1.94 bits per heavy atom. The largest absolute Gasteiger partial charge is 0.481 e. The Morgan fingerprint density at radius 1 is 1.28 bits per heavy atom. The topological polar surface area (TPSA) is 40.5 Å². The highest BCUT2D eigenvalue weighted by Gasteiger charge is 2.53. The molecule has 1 saturated carbocycles. The average molecular weight is 249 g/mol. The molecule has 3 nitrogen and oxygen atoms in total. The van der Waals surface area contributed by atoms with Gasteiger partial charge in [-0.3, -0.25) is 4.79 Å². The number of carboxylic acids is 1. The lowest BCUT2D eigenvalue weighted by atomic mass is 9.93. The lowest BCUT2D eigenvalue weighted by molar-refractivity contribution is -0.140.